The summed E-state index contributed by atoms with van der Waals surface area (Å²) >= 11 is 18.7. The highest BCUT2D eigenvalue weighted by atomic mass is 35.5. The minimum atomic E-state index is -0.373. The number of rotatable bonds is 6. The summed E-state index contributed by atoms with van der Waals surface area (Å²) < 4.78 is 8.34. The maximum Gasteiger partial charge on any atom is 0.124 e. The Bertz CT molecular complexity index is 1270. The summed E-state index contributed by atoms with van der Waals surface area (Å²) in [6.45, 7) is 0.312. The summed E-state index contributed by atoms with van der Waals surface area (Å²) in [6, 6.07) is 20.5. The van der Waals surface area contributed by atoms with E-state index in [0.717, 1.165) is 27.9 Å². The number of hydrogen-bond acceptors (Lipinski definition) is 3. The van der Waals surface area contributed by atoms with E-state index in [0.29, 0.717) is 27.2 Å². The Kier molecular flexibility index (Phi) is 6.83. The van der Waals surface area contributed by atoms with Gasteiger partial charge < -0.3 is 9.30 Å². The highest BCUT2D eigenvalue weighted by Crippen LogP contribution is 2.34. The number of nitrogens with zero attached hydrogens (tertiary/aromatic N) is 3. The predicted octanol–water partition coefficient (Wildman–Crippen LogP) is 7.23. The van der Waals surface area contributed by atoms with Gasteiger partial charge >= 0.3 is 0 Å². The minimum absolute atomic E-state index is 0.312. The Morgan fingerprint density at radius 1 is 0.969 bits per heavy atom. The SMILES string of the molecule is Cn1cncc1C(OCc1ccc(Cl)cc1-c1cc(Cl)cc(Cl)c1)c1ccc(C#N)cc1. The van der Waals surface area contributed by atoms with Gasteiger partial charge in [0.2, 0.25) is 0 Å². The van der Waals surface area contributed by atoms with E-state index in [-0.39, 0.29) is 6.10 Å². The molecule has 4 rings (SSSR count). The number of ether oxygens (including phenoxy) is 1. The van der Waals surface area contributed by atoms with Crippen LogP contribution < -0.4 is 0 Å². The van der Waals surface area contributed by atoms with E-state index in [1.54, 1.807) is 30.7 Å². The molecule has 0 saturated carbocycles. The van der Waals surface area contributed by atoms with Crippen LogP contribution >= 0.6 is 34.8 Å². The molecule has 0 bridgehead atoms. The van der Waals surface area contributed by atoms with Gasteiger partial charge in [-0.3, -0.25) is 0 Å². The zero-order chi connectivity index (χ0) is 22.7. The number of hydrogen-bond donors (Lipinski definition) is 0. The second-order valence-electron chi connectivity index (χ2n) is 7.31. The van der Waals surface area contributed by atoms with Gasteiger partial charge in [0, 0.05) is 22.1 Å². The van der Waals surface area contributed by atoms with Crippen LogP contribution in [-0.4, -0.2) is 9.55 Å². The van der Waals surface area contributed by atoms with E-state index in [9.17, 15) is 0 Å². The van der Waals surface area contributed by atoms with Crippen LogP contribution in [0.3, 0.4) is 0 Å². The first kappa shape index (κ1) is 22.4. The van der Waals surface area contributed by atoms with Crippen molar-refractivity contribution in [2.45, 2.75) is 12.7 Å². The van der Waals surface area contributed by atoms with Gasteiger partial charge in [0.15, 0.2) is 0 Å². The molecule has 0 spiro atoms. The van der Waals surface area contributed by atoms with Crippen LogP contribution in [0, 0.1) is 11.3 Å². The van der Waals surface area contributed by atoms with Crippen LogP contribution in [0.5, 0.6) is 0 Å². The molecular weight excluding hydrogens is 465 g/mol. The Morgan fingerprint density at radius 3 is 2.31 bits per heavy atom. The number of benzene rings is 3. The Hall–Kier alpha value is -2.81. The molecule has 1 atom stereocenters. The molecule has 160 valence electrons. The molecule has 4 nitrogen and oxygen atoms in total. The molecule has 0 fully saturated rings. The average molecular weight is 483 g/mol. The van der Waals surface area contributed by atoms with Gasteiger partial charge in [-0.15, -0.1) is 0 Å². The molecule has 0 aliphatic heterocycles. The molecule has 3 aromatic carbocycles. The fourth-order valence-electron chi connectivity index (χ4n) is 3.53. The molecule has 7 heteroatoms. The van der Waals surface area contributed by atoms with Crippen molar-refractivity contribution in [3.63, 3.8) is 0 Å². The van der Waals surface area contributed by atoms with Crippen LogP contribution in [-0.2, 0) is 18.4 Å². The van der Waals surface area contributed by atoms with Gasteiger partial charge in [-0.25, -0.2) is 4.98 Å². The third-order valence-electron chi connectivity index (χ3n) is 5.12. The van der Waals surface area contributed by atoms with Crippen molar-refractivity contribution < 1.29 is 4.74 Å². The highest BCUT2D eigenvalue weighted by Gasteiger charge is 2.19. The van der Waals surface area contributed by atoms with Crippen LogP contribution in [0.1, 0.15) is 28.5 Å². The summed E-state index contributed by atoms with van der Waals surface area (Å²) in [6.07, 6.45) is 3.14. The molecule has 0 amide bonds. The molecule has 0 aliphatic carbocycles. The smallest absolute Gasteiger partial charge is 0.124 e. The van der Waals surface area contributed by atoms with Gasteiger partial charge in [0.05, 0.1) is 36.5 Å². The van der Waals surface area contributed by atoms with E-state index in [4.69, 9.17) is 44.8 Å². The largest absolute Gasteiger partial charge is 0.362 e. The second-order valence-corrected chi connectivity index (χ2v) is 8.62. The summed E-state index contributed by atoms with van der Waals surface area (Å²) in [7, 11) is 1.92. The average Bonchev–Trinajstić information content (AvgIpc) is 3.20. The molecule has 1 aromatic heterocycles. The van der Waals surface area contributed by atoms with Crippen molar-refractivity contribution in [1.29, 1.82) is 5.26 Å². The molecular formula is C25H18Cl3N3O. The van der Waals surface area contributed by atoms with Gasteiger partial charge in [-0.1, -0.05) is 53.0 Å². The standard InChI is InChI=1S/C25H18Cl3N3O/c1-31-15-30-13-24(31)25(17-4-2-16(12-29)3-5-17)32-14-18-6-7-20(26)11-23(18)19-8-21(27)10-22(28)9-19/h2-11,13,15,25H,14H2,1H3. The van der Waals surface area contributed by atoms with Crippen LogP contribution in [0.15, 0.2) is 73.2 Å². The lowest BCUT2D eigenvalue weighted by Crippen LogP contribution is -2.11. The molecule has 0 saturated heterocycles. The Morgan fingerprint density at radius 2 is 1.69 bits per heavy atom. The number of aromatic nitrogens is 2. The van der Waals surface area contributed by atoms with Crippen molar-refractivity contribution in [3.05, 3.63) is 111 Å². The number of aryl methyl sites for hydroxylation is 1. The first-order valence-electron chi connectivity index (χ1n) is 9.77. The molecule has 32 heavy (non-hydrogen) atoms. The lowest BCUT2D eigenvalue weighted by atomic mass is 9.99. The fourth-order valence-corrected chi connectivity index (χ4v) is 4.23. The van der Waals surface area contributed by atoms with E-state index in [1.165, 1.54) is 0 Å². The Balaban J connectivity index is 1.69. The predicted molar refractivity (Wildman–Crippen MR) is 128 cm³/mol. The summed E-state index contributed by atoms with van der Waals surface area (Å²) in [5.74, 6) is 0. The summed E-state index contributed by atoms with van der Waals surface area (Å²) in [5, 5.41) is 10.8. The maximum atomic E-state index is 9.12. The first-order valence-corrected chi connectivity index (χ1v) is 10.9. The second kappa shape index (κ2) is 9.77. The van der Waals surface area contributed by atoms with Gasteiger partial charge in [-0.2, -0.15) is 5.26 Å². The molecule has 1 heterocycles. The van der Waals surface area contributed by atoms with E-state index < -0.39 is 0 Å². The third-order valence-corrected chi connectivity index (χ3v) is 5.79. The van der Waals surface area contributed by atoms with Crippen LogP contribution in [0.2, 0.25) is 15.1 Å². The fraction of sp³-hybridized carbons (Fsp3) is 0.120. The van der Waals surface area contributed by atoms with Crippen molar-refractivity contribution in [2.75, 3.05) is 0 Å². The first-order chi connectivity index (χ1) is 15.4. The number of halogens is 3. The Labute approximate surface area is 201 Å². The van der Waals surface area contributed by atoms with Gasteiger partial charge in [0.25, 0.3) is 0 Å². The third kappa shape index (κ3) is 4.98. The lowest BCUT2D eigenvalue weighted by molar-refractivity contribution is 0.0624. The van der Waals surface area contributed by atoms with E-state index in [2.05, 4.69) is 11.1 Å². The van der Waals surface area contributed by atoms with Gasteiger partial charge in [0.1, 0.15) is 6.10 Å². The molecule has 0 radical (unpaired) electrons. The minimum Gasteiger partial charge on any atom is -0.362 e. The zero-order valence-electron chi connectivity index (χ0n) is 17.1. The molecule has 4 aromatic rings. The van der Waals surface area contributed by atoms with Crippen LogP contribution in [0.25, 0.3) is 11.1 Å². The lowest BCUT2D eigenvalue weighted by Gasteiger charge is -2.20. The van der Waals surface area contributed by atoms with Crippen molar-refractivity contribution in [2.24, 2.45) is 7.05 Å². The van der Waals surface area contributed by atoms with Crippen molar-refractivity contribution in [3.8, 4) is 17.2 Å². The van der Waals surface area contributed by atoms with Crippen molar-refractivity contribution in [1.82, 2.24) is 9.55 Å². The summed E-state index contributed by atoms with van der Waals surface area (Å²) in [4.78, 5) is 4.24. The maximum absolute atomic E-state index is 9.12. The van der Waals surface area contributed by atoms with E-state index in [1.807, 2.05) is 54.1 Å². The zero-order valence-corrected chi connectivity index (χ0v) is 19.4. The number of imidazole rings is 1. The molecule has 0 aliphatic rings. The van der Waals surface area contributed by atoms with Gasteiger partial charge in [-0.05, 0) is 64.7 Å². The molecule has 0 N–H and O–H groups in total. The van der Waals surface area contributed by atoms with Crippen LogP contribution in [0.4, 0.5) is 0 Å². The summed E-state index contributed by atoms with van der Waals surface area (Å²) in [5.41, 5.74) is 5.11. The number of nitriles is 1. The highest BCUT2D eigenvalue weighted by molar-refractivity contribution is 6.35. The van der Waals surface area contributed by atoms with Crippen molar-refractivity contribution >= 4 is 34.8 Å². The quantitative estimate of drug-likeness (QED) is 0.291. The topological polar surface area (TPSA) is 50.8 Å². The normalized spacial score (nSPS) is 11.8. The van der Waals surface area contributed by atoms with E-state index >= 15 is 0 Å². The monoisotopic (exact) mass is 481 g/mol. The molecule has 1 unspecified atom stereocenters.